The monoisotopic (exact) mass is 530 g/mol. The predicted molar refractivity (Wildman–Crippen MR) is 145 cm³/mol. The summed E-state index contributed by atoms with van der Waals surface area (Å²) in [5.74, 6) is -1.37. The minimum absolute atomic E-state index is 0.201. The molecule has 3 heterocycles. The first kappa shape index (κ1) is 27.0. The molecule has 1 amide bonds. The first-order valence-electron chi connectivity index (χ1n) is 12.3. The van der Waals surface area contributed by atoms with Crippen LogP contribution in [0.15, 0.2) is 60.5 Å². The summed E-state index contributed by atoms with van der Waals surface area (Å²) >= 11 is 1.68. The summed E-state index contributed by atoms with van der Waals surface area (Å²) in [4.78, 5) is 41.1. The number of hydrogen-bond donors (Lipinski definition) is 2. The molecular formula is C28H30N6O3S. The normalized spacial score (nSPS) is 14.3. The van der Waals surface area contributed by atoms with Gasteiger partial charge in [-0.05, 0) is 62.4 Å². The second-order valence-electron chi connectivity index (χ2n) is 9.07. The molecular weight excluding hydrogens is 500 g/mol. The molecule has 1 aliphatic rings. The summed E-state index contributed by atoms with van der Waals surface area (Å²) in [6, 6.07) is 12.1. The lowest BCUT2D eigenvalue weighted by molar-refractivity contribution is 0.0694. The van der Waals surface area contributed by atoms with Crippen LogP contribution in [0.25, 0.3) is 0 Å². The van der Waals surface area contributed by atoms with Crippen molar-refractivity contribution in [1.29, 1.82) is 0 Å². The highest BCUT2D eigenvalue weighted by molar-refractivity contribution is 7.09. The Bertz CT molecular complexity index is 1370. The number of primary amides is 1. The van der Waals surface area contributed by atoms with Crippen molar-refractivity contribution < 1.29 is 14.7 Å². The largest absolute Gasteiger partial charge is 0.478 e. The van der Waals surface area contributed by atoms with Gasteiger partial charge in [-0.2, -0.15) is 0 Å². The molecule has 5 rings (SSSR count). The number of carbonyl (C=O) groups is 2. The van der Waals surface area contributed by atoms with Gasteiger partial charge in [0.2, 0.25) is 5.91 Å². The molecule has 0 spiro atoms. The third-order valence-electron chi connectivity index (χ3n) is 6.49. The van der Waals surface area contributed by atoms with E-state index in [0.717, 1.165) is 36.5 Å². The summed E-state index contributed by atoms with van der Waals surface area (Å²) in [5.41, 5.74) is 10.8. The molecule has 9 nitrogen and oxygen atoms in total. The second kappa shape index (κ2) is 12.5. The lowest BCUT2D eigenvalue weighted by Crippen LogP contribution is -2.31. The number of nitrogens with zero attached hydrogens (tertiary/aromatic N) is 5. The van der Waals surface area contributed by atoms with Crippen LogP contribution < -0.4 is 5.73 Å². The van der Waals surface area contributed by atoms with Crippen LogP contribution >= 0.6 is 11.3 Å². The number of amides is 1. The first-order valence-corrected chi connectivity index (χ1v) is 13.2. The highest BCUT2D eigenvalue weighted by atomic mass is 32.1. The van der Waals surface area contributed by atoms with Gasteiger partial charge in [0.15, 0.2) is 0 Å². The molecule has 3 N–H and O–H groups in total. The summed E-state index contributed by atoms with van der Waals surface area (Å²) in [6.07, 6.45) is 8.45. The van der Waals surface area contributed by atoms with Gasteiger partial charge in [-0.3, -0.25) is 14.7 Å². The van der Waals surface area contributed by atoms with Gasteiger partial charge in [-0.1, -0.05) is 18.2 Å². The van der Waals surface area contributed by atoms with Crippen LogP contribution in [-0.4, -0.2) is 41.8 Å². The number of fused-ring (bicyclic) bond motifs is 1. The molecule has 1 atom stereocenters. The highest BCUT2D eigenvalue weighted by Gasteiger charge is 2.28. The minimum atomic E-state index is -0.972. The van der Waals surface area contributed by atoms with Crippen LogP contribution in [0.4, 0.5) is 0 Å². The van der Waals surface area contributed by atoms with Gasteiger partial charge < -0.3 is 10.8 Å². The van der Waals surface area contributed by atoms with Crippen LogP contribution in [0.5, 0.6) is 0 Å². The number of aromatic nitrogens is 4. The number of carboxylic acids is 1. The van der Waals surface area contributed by atoms with E-state index in [1.165, 1.54) is 24.0 Å². The van der Waals surface area contributed by atoms with E-state index in [2.05, 4.69) is 25.9 Å². The molecule has 196 valence electrons. The Morgan fingerprint density at radius 2 is 1.76 bits per heavy atom. The Balaban J connectivity index is 0.000000257. The van der Waals surface area contributed by atoms with E-state index in [-0.39, 0.29) is 11.6 Å². The minimum Gasteiger partial charge on any atom is -0.478 e. The van der Waals surface area contributed by atoms with Crippen molar-refractivity contribution in [1.82, 2.24) is 24.8 Å². The lowest BCUT2D eigenvalue weighted by Gasteiger charge is -2.34. The summed E-state index contributed by atoms with van der Waals surface area (Å²) < 4.78 is 0. The number of benzene rings is 1. The first-order chi connectivity index (χ1) is 18.3. The maximum atomic E-state index is 11.3. The topological polar surface area (TPSA) is 135 Å². The van der Waals surface area contributed by atoms with Gasteiger partial charge >= 0.3 is 5.97 Å². The van der Waals surface area contributed by atoms with Crippen molar-refractivity contribution >= 4 is 23.2 Å². The molecule has 0 bridgehead atoms. The number of nitrogens with two attached hydrogens (primary N) is 1. The fourth-order valence-electron chi connectivity index (χ4n) is 4.63. The zero-order chi connectivity index (χ0) is 27.1. The van der Waals surface area contributed by atoms with Crippen LogP contribution in [0.3, 0.4) is 0 Å². The van der Waals surface area contributed by atoms with E-state index in [1.54, 1.807) is 37.3 Å². The maximum Gasteiger partial charge on any atom is 0.339 e. The number of carbonyl (C=O) groups excluding carboxylic acids is 1. The van der Waals surface area contributed by atoms with Crippen LogP contribution in [0.1, 0.15) is 72.8 Å². The number of rotatable bonds is 7. The van der Waals surface area contributed by atoms with E-state index in [9.17, 15) is 9.59 Å². The zero-order valence-corrected chi connectivity index (χ0v) is 22.2. The zero-order valence-electron chi connectivity index (χ0n) is 21.4. The maximum absolute atomic E-state index is 11.3. The molecule has 0 saturated carbocycles. The fraction of sp³-hybridized carbons (Fsp3) is 0.286. The van der Waals surface area contributed by atoms with Gasteiger partial charge in [0.05, 0.1) is 29.7 Å². The number of hydrogen-bond acceptors (Lipinski definition) is 8. The van der Waals surface area contributed by atoms with Crippen molar-refractivity contribution in [3.05, 3.63) is 105 Å². The highest BCUT2D eigenvalue weighted by Crippen LogP contribution is 2.35. The van der Waals surface area contributed by atoms with E-state index in [1.807, 2.05) is 36.0 Å². The molecule has 38 heavy (non-hydrogen) atoms. The van der Waals surface area contributed by atoms with Crippen LogP contribution in [0, 0.1) is 13.8 Å². The Morgan fingerprint density at radius 3 is 2.37 bits per heavy atom. The number of aromatic carboxylic acids is 1. The molecule has 10 heteroatoms. The van der Waals surface area contributed by atoms with E-state index in [0.29, 0.717) is 17.0 Å². The van der Waals surface area contributed by atoms with Gasteiger partial charge in [0.25, 0.3) is 0 Å². The summed E-state index contributed by atoms with van der Waals surface area (Å²) in [7, 11) is 0. The van der Waals surface area contributed by atoms with Gasteiger partial charge in [-0.15, -0.1) is 11.3 Å². The van der Waals surface area contributed by atoms with Gasteiger partial charge in [-0.25, -0.2) is 19.7 Å². The Morgan fingerprint density at radius 1 is 1.03 bits per heavy atom. The molecule has 0 aliphatic heterocycles. The van der Waals surface area contributed by atoms with Crippen LogP contribution in [-0.2, 0) is 19.5 Å². The quantitative estimate of drug-likeness (QED) is 0.356. The molecule has 4 aromatic rings. The Hall–Kier alpha value is -4.02. The molecule has 1 aromatic carbocycles. The van der Waals surface area contributed by atoms with E-state index in [4.69, 9.17) is 15.8 Å². The van der Waals surface area contributed by atoms with Crippen molar-refractivity contribution in [2.45, 2.75) is 52.2 Å². The Labute approximate surface area is 225 Å². The van der Waals surface area contributed by atoms with Crippen molar-refractivity contribution in [3.63, 3.8) is 0 Å². The molecule has 0 radical (unpaired) electrons. The van der Waals surface area contributed by atoms with E-state index >= 15 is 0 Å². The molecule has 1 aliphatic carbocycles. The molecule has 0 saturated heterocycles. The standard InChI is InChI=1S/C21H22N4OS.C7H8N2O2/c22-21(26)17-8-6-15(7-9-17)13-25(14-19-23-11-12-27-19)18-5-1-3-16-4-2-10-24-20(16)18;1-4-6(7(10)11)5(2)9-3-8-4/h2,4,6-12,18H,1,3,5,13-14H2,(H2,22,26);3H,1-2H3,(H,10,11). The number of carboxylic acid groups (broad SMARTS) is 1. The predicted octanol–water partition coefficient (Wildman–Crippen LogP) is 4.51. The van der Waals surface area contributed by atoms with E-state index < -0.39 is 11.9 Å². The third-order valence-corrected chi connectivity index (χ3v) is 7.26. The molecule has 1 unspecified atom stereocenters. The summed E-state index contributed by atoms with van der Waals surface area (Å²) in [6.45, 7) is 4.87. The lowest BCUT2D eigenvalue weighted by atomic mass is 9.90. The van der Waals surface area contributed by atoms with Crippen LogP contribution in [0.2, 0.25) is 0 Å². The molecule has 3 aromatic heterocycles. The summed E-state index contributed by atoms with van der Waals surface area (Å²) in [5, 5.41) is 11.8. The van der Waals surface area contributed by atoms with Gasteiger partial charge in [0.1, 0.15) is 16.9 Å². The average Bonchev–Trinajstić information content (AvgIpc) is 3.42. The fourth-order valence-corrected chi connectivity index (χ4v) is 5.27. The average molecular weight is 531 g/mol. The number of aryl methyl sites for hydroxylation is 3. The van der Waals surface area contributed by atoms with Crippen molar-refractivity contribution in [2.75, 3.05) is 0 Å². The third kappa shape index (κ3) is 6.64. The number of thiazole rings is 1. The van der Waals surface area contributed by atoms with Crippen molar-refractivity contribution in [3.8, 4) is 0 Å². The smallest absolute Gasteiger partial charge is 0.339 e. The number of pyridine rings is 1. The Kier molecular flexibility index (Phi) is 8.88. The van der Waals surface area contributed by atoms with Crippen molar-refractivity contribution in [2.24, 2.45) is 5.73 Å². The van der Waals surface area contributed by atoms with Gasteiger partial charge in [0, 0.05) is 29.9 Å². The second-order valence-corrected chi connectivity index (χ2v) is 10.1. The SMILES string of the molecule is Cc1ncnc(C)c1C(=O)O.NC(=O)c1ccc(CN(Cc2nccs2)C2CCCc3cccnc32)cc1. The molecule has 0 fully saturated rings.